The molecule has 0 unspecified atom stereocenters. The summed E-state index contributed by atoms with van der Waals surface area (Å²) in [5.74, 6) is 1.15. The highest BCUT2D eigenvalue weighted by Gasteiger charge is 2.22. The molecule has 0 bridgehead atoms. The number of nitrogens with zero attached hydrogens (tertiary/aromatic N) is 4. The summed E-state index contributed by atoms with van der Waals surface area (Å²) >= 11 is 1.37. The number of carbonyl (C=O) groups is 1. The van der Waals surface area contributed by atoms with Crippen molar-refractivity contribution in [3.05, 3.63) is 54.6 Å². The molecule has 6 nitrogen and oxygen atoms in total. The van der Waals surface area contributed by atoms with Crippen molar-refractivity contribution in [2.45, 2.75) is 18.0 Å². The van der Waals surface area contributed by atoms with E-state index in [1.807, 2.05) is 51.9 Å². The minimum Gasteiger partial charge on any atom is -0.507 e. The van der Waals surface area contributed by atoms with Gasteiger partial charge >= 0.3 is 0 Å². The Labute approximate surface area is 161 Å². The van der Waals surface area contributed by atoms with E-state index in [0.29, 0.717) is 22.3 Å². The van der Waals surface area contributed by atoms with E-state index in [1.54, 1.807) is 12.1 Å². The van der Waals surface area contributed by atoms with Crippen molar-refractivity contribution >= 4 is 17.7 Å². The summed E-state index contributed by atoms with van der Waals surface area (Å²) in [6.07, 6.45) is 2.15. The van der Waals surface area contributed by atoms with E-state index < -0.39 is 0 Å². The van der Waals surface area contributed by atoms with Crippen LogP contribution in [0.25, 0.3) is 17.1 Å². The minimum absolute atomic E-state index is 0.129. The number of aromatic nitrogens is 3. The second-order valence-electron chi connectivity index (χ2n) is 6.37. The van der Waals surface area contributed by atoms with Gasteiger partial charge in [-0.1, -0.05) is 42.1 Å². The van der Waals surface area contributed by atoms with Gasteiger partial charge in [0.15, 0.2) is 11.0 Å². The number of rotatable bonds is 5. The third kappa shape index (κ3) is 3.68. The summed E-state index contributed by atoms with van der Waals surface area (Å²) in [7, 11) is 0. The van der Waals surface area contributed by atoms with Crippen molar-refractivity contribution in [3.63, 3.8) is 0 Å². The molecule has 2 heterocycles. The highest BCUT2D eigenvalue weighted by atomic mass is 32.2. The average Bonchev–Trinajstić information content (AvgIpc) is 3.37. The van der Waals surface area contributed by atoms with Crippen LogP contribution >= 0.6 is 11.8 Å². The summed E-state index contributed by atoms with van der Waals surface area (Å²) in [6.45, 7) is 1.68. The molecule has 7 heteroatoms. The first-order valence-electron chi connectivity index (χ1n) is 8.94. The smallest absolute Gasteiger partial charge is 0.233 e. The molecular formula is C20H20N4O2S. The number of thioether (sulfide) groups is 1. The second-order valence-corrected chi connectivity index (χ2v) is 7.31. The molecule has 0 aliphatic carbocycles. The quantitative estimate of drug-likeness (QED) is 0.687. The van der Waals surface area contributed by atoms with E-state index in [2.05, 4.69) is 10.2 Å². The Hall–Kier alpha value is -2.80. The fraction of sp³-hybridized carbons (Fsp3) is 0.250. The number of likely N-dealkylation sites (tertiary alicyclic amines) is 1. The second kappa shape index (κ2) is 7.84. The first-order chi connectivity index (χ1) is 13.2. The van der Waals surface area contributed by atoms with Gasteiger partial charge in [-0.15, -0.1) is 10.2 Å². The number of aromatic hydroxyl groups is 1. The van der Waals surface area contributed by atoms with Gasteiger partial charge in [0.25, 0.3) is 0 Å². The van der Waals surface area contributed by atoms with Gasteiger partial charge in [-0.2, -0.15) is 0 Å². The van der Waals surface area contributed by atoms with Gasteiger partial charge in [0.2, 0.25) is 5.91 Å². The molecule has 138 valence electrons. The van der Waals surface area contributed by atoms with Crippen molar-refractivity contribution in [2.75, 3.05) is 18.8 Å². The van der Waals surface area contributed by atoms with E-state index in [1.165, 1.54) is 11.8 Å². The Bertz CT molecular complexity index is 936. The first kappa shape index (κ1) is 17.6. The lowest BCUT2D eigenvalue weighted by atomic mass is 10.2. The van der Waals surface area contributed by atoms with E-state index in [0.717, 1.165) is 31.6 Å². The molecule has 0 saturated carbocycles. The van der Waals surface area contributed by atoms with E-state index >= 15 is 0 Å². The predicted octanol–water partition coefficient (Wildman–Crippen LogP) is 3.35. The standard InChI is InChI=1S/C20H20N4O2S/c25-17-11-5-4-10-16(17)19-21-22-20(24(19)15-8-2-1-3-9-15)27-14-18(26)23-12-6-7-13-23/h1-5,8-11,25H,6-7,12-14H2. The van der Waals surface area contributed by atoms with E-state index in [9.17, 15) is 9.90 Å². The van der Waals surface area contributed by atoms with Crippen LogP contribution in [0.15, 0.2) is 59.8 Å². The molecule has 0 atom stereocenters. The van der Waals surface area contributed by atoms with Crippen LogP contribution in [-0.2, 0) is 4.79 Å². The predicted molar refractivity (Wildman–Crippen MR) is 105 cm³/mol. The lowest BCUT2D eigenvalue weighted by Gasteiger charge is -2.15. The summed E-state index contributed by atoms with van der Waals surface area (Å²) in [6, 6.07) is 16.8. The van der Waals surface area contributed by atoms with Crippen molar-refractivity contribution in [2.24, 2.45) is 0 Å². The first-order valence-corrected chi connectivity index (χ1v) is 9.92. The van der Waals surface area contributed by atoms with Crippen LogP contribution in [0.4, 0.5) is 0 Å². The Morgan fingerprint density at radius 1 is 1.00 bits per heavy atom. The molecule has 0 spiro atoms. The van der Waals surface area contributed by atoms with Crippen LogP contribution in [0.2, 0.25) is 0 Å². The number of carbonyl (C=O) groups excluding carboxylic acids is 1. The van der Waals surface area contributed by atoms with Crippen molar-refractivity contribution in [1.82, 2.24) is 19.7 Å². The minimum atomic E-state index is 0.129. The fourth-order valence-electron chi connectivity index (χ4n) is 3.19. The molecule has 1 aliphatic heterocycles. The molecule has 2 aromatic carbocycles. The molecule has 1 saturated heterocycles. The number of phenolic OH excluding ortho intramolecular Hbond substituents is 1. The average molecular weight is 380 g/mol. The molecule has 1 N–H and O–H groups in total. The number of amides is 1. The topological polar surface area (TPSA) is 71.2 Å². The van der Waals surface area contributed by atoms with Crippen molar-refractivity contribution in [3.8, 4) is 22.8 Å². The van der Waals surface area contributed by atoms with E-state index in [-0.39, 0.29) is 11.7 Å². The van der Waals surface area contributed by atoms with Gasteiger partial charge in [0.05, 0.1) is 11.3 Å². The van der Waals surface area contributed by atoms with Gasteiger partial charge in [-0.25, -0.2) is 0 Å². The molecule has 1 aliphatic rings. The van der Waals surface area contributed by atoms with Crippen LogP contribution in [0.3, 0.4) is 0 Å². The monoisotopic (exact) mass is 380 g/mol. The van der Waals surface area contributed by atoms with Gasteiger partial charge in [-0.3, -0.25) is 9.36 Å². The number of phenols is 1. The number of para-hydroxylation sites is 2. The fourth-order valence-corrected chi connectivity index (χ4v) is 4.05. The SMILES string of the molecule is O=C(CSc1nnc(-c2ccccc2O)n1-c1ccccc1)N1CCCC1. The highest BCUT2D eigenvalue weighted by molar-refractivity contribution is 7.99. The summed E-state index contributed by atoms with van der Waals surface area (Å²) in [5, 5.41) is 19.5. The summed E-state index contributed by atoms with van der Waals surface area (Å²) in [5.41, 5.74) is 1.49. The normalized spacial score (nSPS) is 13.9. The van der Waals surface area contributed by atoms with Crippen LogP contribution in [-0.4, -0.2) is 49.5 Å². The van der Waals surface area contributed by atoms with Gasteiger partial charge in [-0.05, 0) is 37.1 Å². The Morgan fingerprint density at radius 3 is 2.44 bits per heavy atom. The van der Waals surface area contributed by atoms with Crippen LogP contribution in [0, 0.1) is 0 Å². The summed E-state index contributed by atoms with van der Waals surface area (Å²) < 4.78 is 1.89. The Kier molecular flexibility index (Phi) is 5.11. The number of benzene rings is 2. The van der Waals surface area contributed by atoms with Gasteiger partial charge in [0, 0.05) is 18.8 Å². The highest BCUT2D eigenvalue weighted by Crippen LogP contribution is 2.32. The third-order valence-corrected chi connectivity index (χ3v) is 5.49. The molecule has 0 radical (unpaired) electrons. The zero-order chi connectivity index (χ0) is 18.6. The molecule has 4 rings (SSSR count). The Morgan fingerprint density at radius 2 is 1.70 bits per heavy atom. The number of hydrogen-bond donors (Lipinski definition) is 1. The third-order valence-electron chi connectivity index (χ3n) is 4.58. The van der Waals surface area contributed by atoms with Crippen LogP contribution < -0.4 is 0 Å². The summed E-state index contributed by atoms with van der Waals surface area (Å²) in [4.78, 5) is 14.3. The Balaban J connectivity index is 1.67. The molecular weight excluding hydrogens is 360 g/mol. The number of hydrogen-bond acceptors (Lipinski definition) is 5. The lowest BCUT2D eigenvalue weighted by Crippen LogP contribution is -2.29. The molecule has 1 amide bonds. The molecule has 1 aromatic heterocycles. The molecule has 1 fully saturated rings. The van der Waals surface area contributed by atoms with Crippen LogP contribution in [0.5, 0.6) is 5.75 Å². The molecule has 27 heavy (non-hydrogen) atoms. The van der Waals surface area contributed by atoms with Crippen molar-refractivity contribution < 1.29 is 9.90 Å². The van der Waals surface area contributed by atoms with Crippen molar-refractivity contribution in [1.29, 1.82) is 0 Å². The van der Waals surface area contributed by atoms with Gasteiger partial charge in [0.1, 0.15) is 5.75 Å². The van der Waals surface area contributed by atoms with E-state index in [4.69, 9.17) is 0 Å². The molecule has 3 aromatic rings. The largest absolute Gasteiger partial charge is 0.507 e. The van der Waals surface area contributed by atoms with Crippen LogP contribution in [0.1, 0.15) is 12.8 Å². The lowest BCUT2D eigenvalue weighted by molar-refractivity contribution is -0.127. The maximum absolute atomic E-state index is 12.4. The van der Waals surface area contributed by atoms with Gasteiger partial charge < -0.3 is 10.0 Å². The zero-order valence-corrected chi connectivity index (χ0v) is 15.6. The maximum Gasteiger partial charge on any atom is 0.233 e. The maximum atomic E-state index is 12.4. The zero-order valence-electron chi connectivity index (χ0n) is 14.8.